The number of nitrogens with two attached hydrogens (primary N) is 1. The summed E-state index contributed by atoms with van der Waals surface area (Å²) in [7, 11) is 1.69. The number of methoxy groups -OCH3 is 1. The van der Waals surface area contributed by atoms with Crippen LogP contribution in [0.5, 0.6) is 5.75 Å². The minimum Gasteiger partial charge on any atom is -0.496 e. The molecule has 0 saturated heterocycles. The maximum absolute atomic E-state index is 6.05. The molecule has 0 amide bonds. The zero-order valence-corrected chi connectivity index (χ0v) is 12.9. The standard InChI is InChI=1S/C17H23N3O/c1-4-9-19-16(14-6-5-10-20-17(14)18)13-7-8-15(21-3)12(2)11-13/h5-8,10-11,16,19H,4,9H2,1-3H3,(H2,18,20). The van der Waals surface area contributed by atoms with Crippen LogP contribution in [0.25, 0.3) is 0 Å². The number of pyridine rings is 1. The summed E-state index contributed by atoms with van der Waals surface area (Å²) >= 11 is 0. The number of ether oxygens (including phenoxy) is 1. The minimum absolute atomic E-state index is 0.0447. The predicted molar refractivity (Wildman–Crippen MR) is 86.5 cm³/mol. The second-order valence-corrected chi connectivity index (χ2v) is 5.09. The molecule has 3 N–H and O–H groups in total. The van der Waals surface area contributed by atoms with Gasteiger partial charge in [0.15, 0.2) is 0 Å². The lowest BCUT2D eigenvalue weighted by atomic mass is 9.97. The first kappa shape index (κ1) is 15.3. The summed E-state index contributed by atoms with van der Waals surface area (Å²) in [6.45, 7) is 5.12. The molecule has 2 rings (SSSR count). The van der Waals surface area contributed by atoms with Gasteiger partial charge in [-0.15, -0.1) is 0 Å². The highest BCUT2D eigenvalue weighted by Gasteiger charge is 2.17. The molecule has 0 spiro atoms. The number of anilines is 1. The average molecular weight is 285 g/mol. The molecule has 4 heteroatoms. The van der Waals surface area contributed by atoms with Crippen molar-refractivity contribution in [2.45, 2.75) is 26.3 Å². The van der Waals surface area contributed by atoms with Crippen molar-refractivity contribution < 1.29 is 4.74 Å². The fourth-order valence-corrected chi connectivity index (χ4v) is 2.45. The minimum atomic E-state index is 0.0447. The molecule has 0 bridgehead atoms. The monoisotopic (exact) mass is 285 g/mol. The van der Waals surface area contributed by atoms with E-state index >= 15 is 0 Å². The number of aryl methyl sites for hydroxylation is 1. The molecule has 1 heterocycles. The maximum atomic E-state index is 6.05. The molecular formula is C17H23N3O. The largest absolute Gasteiger partial charge is 0.496 e. The molecule has 0 radical (unpaired) electrons. The lowest BCUT2D eigenvalue weighted by Crippen LogP contribution is -2.24. The van der Waals surface area contributed by atoms with Gasteiger partial charge >= 0.3 is 0 Å². The molecule has 21 heavy (non-hydrogen) atoms. The Hall–Kier alpha value is -2.07. The van der Waals surface area contributed by atoms with Gasteiger partial charge in [0.2, 0.25) is 0 Å². The number of nitrogens with one attached hydrogen (secondary N) is 1. The summed E-state index contributed by atoms with van der Waals surface area (Å²) in [4.78, 5) is 4.20. The predicted octanol–water partition coefficient (Wildman–Crippen LogP) is 3.07. The molecule has 1 aromatic carbocycles. The van der Waals surface area contributed by atoms with Gasteiger partial charge in [0, 0.05) is 11.8 Å². The van der Waals surface area contributed by atoms with E-state index in [1.807, 2.05) is 25.1 Å². The van der Waals surface area contributed by atoms with Crippen LogP contribution >= 0.6 is 0 Å². The molecule has 0 saturated carbocycles. The van der Waals surface area contributed by atoms with Crippen LogP contribution in [0.4, 0.5) is 5.82 Å². The Bertz CT molecular complexity index is 598. The Morgan fingerprint density at radius 3 is 2.76 bits per heavy atom. The normalized spacial score (nSPS) is 12.1. The van der Waals surface area contributed by atoms with Crippen molar-refractivity contribution in [1.29, 1.82) is 0 Å². The fraction of sp³-hybridized carbons (Fsp3) is 0.353. The van der Waals surface area contributed by atoms with Crippen molar-refractivity contribution in [2.24, 2.45) is 0 Å². The van der Waals surface area contributed by atoms with Gasteiger partial charge in [0.05, 0.1) is 13.2 Å². The molecule has 2 aromatic rings. The first-order chi connectivity index (χ1) is 10.2. The van der Waals surface area contributed by atoms with Gasteiger partial charge in [0.1, 0.15) is 11.6 Å². The first-order valence-corrected chi connectivity index (χ1v) is 7.25. The van der Waals surface area contributed by atoms with E-state index in [0.29, 0.717) is 5.82 Å². The van der Waals surface area contributed by atoms with Gasteiger partial charge in [-0.2, -0.15) is 0 Å². The van der Waals surface area contributed by atoms with Crippen LogP contribution in [-0.4, -0.2) is 18.6 Å². The third-order valence-electron chi connectivity index (χ3n) is 3.53. The second kappa shape index (κ2) is 7.09. The first-order valence-electron chi connectivity index (χ1n) is 7.25. The third-order valence-corrected chi connectivity index (χ3v) is 3.53. The zero-order chi connectivity index (χ0) is 15.2. The van der Waals surface area contributed by atoms with E-state index in [1.165, 1.54) is 5.56 Å². The molecule has 0 aliphatic heterocycles. The van der Waals surface area contributed by atoms with Crippen molar-refractivity contribution >= 4 is 5.82 Å². The molecule has 1 aromatic heterocycles. The van der Waals surface area contributed by atoms with Crippen LogP contribution in [0.15, 0.2) is 36.5 Å². The van der Waals surface area contributed by atoms with Crippen molar-refractivity contribution in [3.63, 3.8) is 0 Å². The van der Waals surface area contributed by atoms with Crippen LogP contribution in [-0.2, 0) is 0 Å². The summed E-state index contributed by atoms with van der Waals surface area (Å²) in [6.07, 6.45) is 2.78. The topological polar surface area (TPSA) is 60.2 Å². The van der Waals surface area contributed by atoms with E-state index in [4.69, 9.17) is 10.5 Å². The Morgan fingerprint density at radius 2 is 2.14 bits per heavy atom. The second-order valence-electron chi connectivity index (χ2n) is 5.09. The molecule has 1 unspecified atom stereocenters. The highest BCUT2D eigenvalue weighted by atomic mass is 16.5. The van der Waals surface area contributed by atoms with Gasteiger partial charge in [0.25, 0.3) is 0 Å². The smallest absolute Gasteiger partial charge is 0.128 e. The number of nitrogens with zero attached hydrogens (tertiary/aromatic N) is 1. The van der Waals surface area contributed by atoms with Gasteiger partial charge in [-0.25, -0.2) is 4.98 Å². The van der Waals surface area contributed by atoms with Gasteiger partial charge in [-0.3, -0.25) is 0 Å². The summed E-state index contributed by atoms with van der Waals surface area (Å²) < 4.78 is 5.33. The van der Waals surface area contributed by atoms with E-state index in [9.17, 15) is 0 Å². The van der Waals surface area contributed by atoms with Crippen molar-refractivity contribution in [3.05, 3.63) is 53.2 Å². The lowest BCUT2D eigenvalue weighted by Gasteiger charge is -2.21. The van der Waals surface area contributed by atoms with E-state index in [0.717, 1.165) is 29.8 Å². The van der Waals surface area contributed by atoms with Crippen LogP contribution in [0.2, 0.25) is 0 Å². The Morgan fingerprint density at radius 1 is 1.33 bits per heavy atom. The van der Waals surface area contributed by atoms with Gasteiger partial charge in [-0.05, 0) is 43.1 Å². The average Bonchev–Trinajstić information content (AvgIpc) is 2.49. The molecular weight excluding hydrogens is 262 g/mol. The van der Waals surface area contributed by atoms with Crippen LogP contribution < -0.4 is 15.8 Å². The number of rotatable bonds is 6. The third kappa shape index (κ3) is 3.52. The number of hydrogen-bond acceptors (Lipinski definition) is 4. The Labute approximate surface area is 126 Å². The molecule has 0 fully saturated rings. The Kier molecular flexibility index (Phi) is 5.17. The van der Waals surface area contributed by atoms with Gasteiger partial charge < -0.3 is 15.8 Å². The van der Waals surface area contributed by atoms with Crippen LogP contribution in [0.3, 0.4) is 0 Å². The van der Waals surface area contributed by atoms with Gasteiger partial charge in [-0.1, -0.05) is 25.1 Å². The van der Waals surface area contributed by atoms with Crippen LogP contribution in [0, 0.1) is 6.92 Å². The lowest BCUT2D eigenvalue weighted by molar-refractivity contribution is 0.411. The Balaban J connectivity index is 2.40. The zero-order valence-electron chi connectivity index (χ0n) is 12.9. The SMILES string of the molecule is CCCNC(c1ccc(OC)c(C)c1)c1cccnc1N. The van der Waals surface area contributed by atoms with Crippen molar-refractivity contribution in [1.82, 2.24) is 10.3 Å². The van der Waals surface area contributed by atoms with E-state index < -0.39 is 0 Å². The number of hydrogen-bond donors (Lipinski definition) is 2. The van der Waals surface area contributed by atoms with Crippen LogP contribution in [0.1, 0.15) is 36.1 Å². The highest BCUT2D eigenvalue weighted by Crippen LogP contribution is 2.29. The number of benzene rings is 1. The van der Waals surface area contributed by atoms with Crippen molar-refractivity contribution in [3.8, 4) is 5.75 Å². The molecule has 112 valence electrons. The molecule has 0 aliphatic carbocycles. The fourth-order valence-electron chi connectivity index (χ4n) is 2.45. The van der Waals surface area contributed by atoms with E-state index in [1.54, 1.807) is 13.3 Å². The maximum Gasteiger partial charge on any atom is 0.128 e. The quantitative estimate of drug-likeness (QED) is 0.856. The van der Waals surface area contributed by atoms with E-state index in [2.05, 4.69) is 29.4 Å². The summed E-state index contributed by atoms with van der Waals surface area (Å²) in [5.74, 6) is 1.46. The summed E-state index contributed by atoms with van der Waals surface area (Å²) in [6, 6.07) is 10.2. The summed E-state index contributed by atoms with van der Waals surface area (Å²) in [5.41, 5.74) is 9.34. The molecule has 0 aliphatic rings. The number of aromatic nitrogens is 1. The van der Waals surface area contributed by atoms with E-state index in [-0.39, 0.29) is 6.04 Å². The van der Waals surface area contributed by atoms with Crippen molar-refractivity contribution in [2.75, 3.05) is 19.4 Å². The number of nitrogen functional groups attached to an aromatic ring is 1. The summed E-state index contributed by atoms with van der Waals surface area (Å²) in [5, 5.41) is 3.55. The molecule has 1 atom stereocenters. The molecule has 4 nitrogen and oxygen atoms in total. The highest BCUT2D eigenvalue weighted by molar-refractivity contribution is 5.47.